The van der Waals surface area contributed by atoms with Crippen LogP contribution >= 0.6 is 35.2 Å². The Morgan fingerprint density at radius 1 is 1.16 bits per heavy atom. The van der Waals surface area contributed by atoms with Gasteiger partial charge in [-0.3, -0.25) is 15.6 Å². The molecule has 5 nitrogen and oxygen atoms in total. The predicted molar refractivity (Wildman–Crippen MR) is 107 cm³/mol. The molecule has 0 atom stereocenters. The number of thiazole rings is 1. The minimum atomic E-state index is -0.158. The molecule has 0 aliphatic heterocycles. The first-order chi connectivity index (χ1) is 12.1. The van der Waals surface area contributed by atoms with Gasteiger partial charge in [0.25, 0.3) is 0 Å². The number of hydrogen-bond acceptors (Lipinski definition) is 4. The van der Waals surface area contributed by atoms with E-state index in [1.54, 1.807) is 23.5 Å². The molecule has 0 saturated carbocycles. The molecule has 3 rings (SSSR count). The van der Waals surface area contributed by atoms with Crippen molar-refractivity contribution >= 4 is 62.1 Å². The van der Waals surface area contributed by atoms with Crippen LogP contribution in [0.2, 0.25) is 5.02 Å². The molecule has 128 valence electrons. The molecule has 25 heavy (non-hydrogen) atoms. The largest absolute Gasteiger partial charge is 0.331 e. The van der Waals surface area contributed by atoms with E-state index in [4.69, 9.17) is 23.8 Å². The van der Waals surface area contributed by atoms with E-state index in [0.717, 1.165) is 20.9 Å². The van der Waals surface area contributed by atoms with Gasteiger partial charge >= 0.3 is 0 Å². The normalized spacial score (nSPS) is 10.4. The van der Waals surface area contributed by atoms with Gasteiger partial charge in [-0.2, -0.15) is 0 Å². The summed E-state index contributed by atoms with van der Waals surface area (Å²) in [5.41, 5.74) is 6.96. The third kappa shape index (κ3) is 5.12. The van der Waals surface area contributed by atoms with Crippen molar-refractivity contribution in [2.45, 2.75) is 12.8 Å². The number of benzene rings is 2. The highest BCUT2D eigenvalue weighted by Gasteiger charge is 2.07. The molecule has 8 heteroatoms. The van der Waals surface area contributed by atoms with Crippen LogP contribution in [-0.2, 0) is 11.2 Å². The van der Waals surface area contributed by atoms with E-state index in [1.165, 1.54) is 0 Å². The monoisotopic (exact) mass is 390 g/mol. The zero-order valence-electron chi connectivity index (χ0n) is 13.1. The molecule has 3 N–H and O–H groups in total. The lowest BCUT2D eigenvalue weighted by molar-refractivity contribution is -0.121. The summed E-state index contributed by atoms with van der Waals surface area (Å²) >= 11 is 12.6. The van der Waals surface area contributed by atoms with E-state index in [1.807, 2.05) is 36.4 Å². The zero-order chi connectivity index (χ0) is 17.6. The highest BCUT2D eigenvalue weighted by atomic mass is 35.5. The number of carbonyl (C=O) groups is 1. The van der Waals surface area contributed by atoms with Gasteiger partial charge in [0.05, 0.1) is 15.2 Å². The van der Waals surface area contributed by atoms with E-state index in [0.29, 0.717) is 17.9 Å². The van der Waals surface area contributed by atoms with Crippen LogP contribution < -0.4 is 16.2 Å². The van der Waals surface area contributed by atoms with Gasteiger partial charge in [0, 0.05) is 23.6 Å². The van der Waals surface area contributed by atoms with Crippen molar-refractivity contribution in [2.24, 2.45) is 0 Å². The van der Waals surface area contributed by atoms with Crippen LogP contribution in [0.4, 0.5) is 5.69 Å². The smallest absolute Gasteiger partial charge is 0.238 e. The van der Waals surface area contributed by atoms with Crippen LogP contribution in [0.5, 0.6) is 0 Å². The molecule has 0 unspecified atom stereocenters. The van der Waals surface area contributed by atoms with Gasteiger partial charge in [0.1, 0.15) is 0 Å². The van der Waals surface area contributed by atoms with Crippen molar-refractivity contribution in [2.75, 3.05) is 5.32 Å². The first kappa shape index (κ1) is 17.6. The van der Waals surface area contributed by atoms with Gasteiger partial charge in [-0.25, -0.2) is 4.98 Å². The molecule has 2 aromatic carbocycles. The lowest BCUT2D eigenvalue weighted by Gasteiger charge is -2.11. The van der Waals surface area contributed by atoms with E-state index < -0.39 is 0 Å². The number of thiocarbonyl (C=S) groups is 1. The van der Waals surface area contributed by atoms with E-state index in [2.05, 4.69) is 21.2 Å². The van der Waals surface area contributed by atoms with Crippen molar-refractivity contribution in [3.8, 4) is 0 Å². The first-order valence-electron chi connectivity index (χ1n) is 7.56. The van der Waals surface area contributed by atoms with Gasteiger partial charge in [-0.15, -0.1) is 11.3 Å². The fraction of sp³-hybridized carbons (Fsp3) is 0.118. The third-order valence-electron chi connectivity index (χ3n) is 3.30. The molecular formula is C17H15ClN4OS2. The Hall–Kier alpha value is -2.22. The highest BCUT2D eigenvalue weighted by Crippen LogP contribution is 2.22. The molecule has 3 aromatic rings. The average Bonchev–Trinajstić information content (AvgIpc) is 3.01. The fourth-order valence-corrected chi connectivity index (χ4v) is 3.49. The Balaban J connectivity index is 1.43. The second kappa shape index (κ2) is 8.24. The Labute approximate surface area is 159 Å². The molecule has 0 aliphatic carbocycles. The van der Waals surface area contributed by atoms with E-state index in [9.17, 15) is 4.79 Å². The standard InChI is InChI=1S/C17H15ClN4OS2/c18-11-4-3-5-12(10-11)19-17(24)22-21-15(23)8-9-16-20-13-6-1-2-7-14(13)25-16/h1-7,10H,8-9H2,(H,21,23)(H2,19,22,24). The summed E-state index contributed by atoms with van der Waals surface area (Å²) in [7, 11) is 0. The number of amides is 1. The SMILES string of the molecule is O=C(CCc1nc2ccccc2s1)NNC(=S)Nc1cccc(Cl)c1. The summed E-state index contributed by atoms with van der Waals surface area (Å²) in [6.45, 7) is 0. The second-order valence-corrected chi connectivity index (χ2v) is 7.17. The van der Waals surface area contributed by atoms with Gasteiger partial charge in [0.2, 0.25) is 5.91 Å². The predicted octanol–water partition coefficient (Wildman–Crippen LogP) is 3.90. The topological polar surface area (TPSA) is 66.0 Å². The number of fused-ring (bicyclic) bond motifs is 1. The second-order valence-electron chi connectivity index (χ2n) is 5.21. The summed E-state index contributed by atoms with van der Waals surface area (Å²) in [4.78, 5) is 16.4. The molecule has 1 amide bonds. The summed E-state index contributed by atoms with van der Waals surface area (Å²) < 4.78 is 1.13. The number of carbonyl (C=O) groups excluding carboxylic acids is 1. The van der Waals surface area contributed by atoms with Crippen LogP contribution in [0.3, 0.4) is 0 Å². The minimum Gasteiger partial charge on any atom is -0.331 e. The summed E-state index contributed by atoms with van der Waals surface area (Å²) in [5.74, 6) is -0.158. The average molecular weight is 391 g/mol. The molecular weight excluding hydrogens is 376 g/mol. The van der Waals surface area contributed by atoms with Crippen molar-refractivity contribution in [3.05, 3.63) is 58.6 Å². The number of para-hydroxylation sites is 1. The molecule has 0 fully saturated rings. The molecule has 0 saturated heterocycles. The van der Waals surface area contributed by atoms with E-state index >= 15 is 0 Å². The van der Waals surface area contributed by atoms with Crippen molar-refractivity contribution in [3.63, 3.8) is 0 Å². The van der Waals surface area contributed by atoms with Gasteiger partial charge in [-0.1, -0.05) is 29.8 Å². The number of hydrazine groups is 1. The maximum Gasteiger partial charge on any atom is 0.238 e. The number of rotatable bonds is 4. The van der Waals surface area contributed by atoms with Crippen molar-refractivity contribution < 1.29 is 4.79 Å². The van der Waals surface area contributed by atoms with Crippen LogP contribution in [0, 0.1) is 0 Å². The molecule has 0 aliphatic rings. The Bertz CT molecular complexity index is 879. The Morgan fingerprint density at radius 2 is 2.00 bits per heavy atom. The number of aryl methyl sites for hydroxylation is 1. The number of hydrogen-bond donors (Lipinski definition) is 3. The van der Waals surface area contributed by atoms with Gasteiger partial charge < -0.3 is 5.32 Å². The third-order valence-corrected chi connectivity index (χ3v) is 4.84. The Kier molecular flexibility index (Phi) is 5.80. The lowest BCUT2D eigenvalue weighted by Crippen LogP contribution is -2.43. The zero-order valence-corrected chi connectivity index (χ0v) is 15.5. The molecule has 1 heterocycles. The lowest BCUT2D eigenvalue weighted by atomic mass is 10.3. The van der Waals surface area contributed by atoms with Crippen LogP contribution in [-0.4, -0.2) is 16.0 Å². The maximum atomic E-state index is 11.9. The number of nitrogens with zero attached hydrogens (tertiary/aromatic N) is 1. The van der Waals surface area contributed by atoms with Crippen LogP contribution in [0.15, 0.2) is 48.5 Å². The van der Waals surface area contributed by atoms with E-state index in [-0.39, 0.29) is 11.0 Å². The first-order valence-corrected chi connectivity index (χ1v) is 9.16. The van der Waals surface area contributed by atoms with Gasteiger partial charge in [0.15, 0.2) is 5.11 Å². The van der Waals surface area contributed by atoms with Crippen molar-refractivity contribution in [1.82, 2.24) is 15.8 Å². The summed E-state index contributed by atoms with van der Waals surface area (Å²) in [6.07, 6.45) is 0.911. The fourth-order valence-electron chi connectivity index (χ4n) is 2.16. The van der Waals surface area contributed by atoms with Crippen LogP contribution in [0.1, 0.15) is 11.4 Å². The van der Waals surface area contributed by atoms with Gasteiger partial charge in [-0.05, 0) is 42.5 Å². The van der Waals surface area contributed by atoms with Crippen molar-refractivity contribution in [1.29, 1.82) is 0 Å². The summed E-state index contributed by atoms with van der Waals surface area (Å²) in [6, 6.07) is 15.1. The quantitative estimate of drug-likeness (QED) is 0.465. The molecule has 0 spiro atoms. The number of anilines is 1. The maximum absolute atomic E-state index is 11.9. The molecule has 1 aromatic heterocycles. The number of nitrogens with one attached hydrogen (secondary N) is 3. The summed E-state index contributed by atoms with van der Waals surface area (Å²) in [5, 5.41) is 4.77. The molecule has 0 bridgehead atoms. The highest BCUT2D eigenvalue weighted by molar-refractivity contribution is 7.80. The number of aromatic nitrogens is 1. The minimum absolute atomic E-state index is 0.158. The Morgan fingerprint density at radius 3 is 2.80 bits per heavy atom. The van der Waals surface area contributed by atoms with Crippen LogP contribution in [0.25, 0.3) is 10.2 Å². The molecule has 0 radical (unpaired) electrons. The number of halogens is 1.